The maximum Gasteiger partial charge on any atom is 0.290 e. The summed E-state index contributed by atoms with van der Waals surface area (Å²) in [4.78, 5) is 31.7. The number of hydrogen-bond donors (Lipinski definition) is 3. The van der Waals surface area contributed by atoms with Crippen molar-refractivity contribution >= 4 is 18.3 Å². The number of nitrogens with two attached hydrogens (primary N) is 1. The van der Waals surface area contributed by atoms with E-state index in [-0.39, 0.29) is 23.9 Å². The molecule has 2 amide bonds. The lowest BCUT2D eigenvalue weighted by Crippen LogP contribution is -2.32. The number of alkyl halides is 1. The van der Waals surface area contributed by atoms with Crippen LogP contribution in [-0.2, 0) is 14.4 Å². The molecule has 1 atom stereocenters. The standard InChI is InChI=1S/C10H19NO2.C4H6FNO.CH2O2/c1-10(2,3)6-9(13)11-5-4-8(12)7-11;5-4(1-2-4)3(6)7;2-1-3/h8,12H,4-7H2,1-3H3;1-2H2,(H2,6,7);1H,(H,2,3). The smallest absolute Gasteiger partial charge is 0.290 e. The second kappa shape index (κ2) is 8.81. The first kappa shape index (κ1) is 21.3. The predicted octanol–water partition coefficient (Wildman–Crippen LogP) is 0.690. The quantitative estimate of drug-likeness (QED) is 0.642. The highest BCUT2D eigenvalue weighted by Crippen LogP contribution is 2.38. The summed E-state index contributed by atoms with van der Waals surface area (Å²) >= 11 is 0. The Labute approximate surface area is 135 Å². The molecule has 1 heterocycles. The third-order valence-electron chi connectivity index (χ3n) is 3.33. The van der Waals surface area contributed by atoms with Gasteiger partial charge in [-0.3, -0.25) is 14.4 Å². The summed E-state index contributed by atoms with van der Waals surface area (Å²) < 4.78 is 12.1. The Kier molecular flexibility index (Phi) is 8.16. The molecule has 0 aromatic heterocycles. The van der Waals surface area contributed by atoms with E-state index in [0.717, 1.165) is 13.0 Å². The van der Waals surface area contributed by atoms with Gasteiger partial charge in [-0.05, 0) is 24.7 Å². The van der Waals surface area contributed by atoms with Crippen LogP contribution in [0.4, 0.5) is 4.39 Å². The van der Waals surface area contributed by atoms with Gasteiger partial charge >= 0.3 is 0 Å². The van der Waals surface area contributed by atoms with E-state index in [1.807, 2.05) is 0 Å². The molecule has 2 rings (SSSR count). The van der Waals surface area contributed by atoms with Crippen molar-refractivity contribution in [2.75, 3.05) is 13.1 Å². The van der Waals surface area contributed by atoms with E-state index in [4.69, 9.17) is 9.90 Å². The number of nitrogens with zero attached hydrogens (tertiary/aromatic N) is 1. The van der Waals surface area contributed by atoms with Crippen LogP contribution in [0.2, 0.25) is 0 Å². The van der Waals surface area contributed by atoms with Crippen LogP contribution < -0.4 is 5.73 Å². The molecule has 23 heavy (non-hydrogen) atoms. The Morgan fingerprint density at radius 3 is 2.09 bits per heavy atom. The molecule has 1 saturated heterocycles. The van der Waals surface area contributed by atoms with Gasteiger partial charge in [0.2, 0.25) is 5.91 Å². The average Bonchev–Trinajstić information content (AvgIpc) is 2.99. The normalized spacial score (nSPS) is 21.3. The largest absolute Gasteiger partial charge is 0.483 e. The van der Waals surface area contributed by atoms with E-state index < -0.39 is 11.6 Å². The van der Waals surface area contributed by atoms with Crippen LogP contribution in [0.15, 0.2) is 0 Å². The summed E-state index contributed by atoms with van der Waals surface area (Å²) in [6.07, 6.45) is 1.64. The lowest BCUT2D eigenvalue weighted by molar-refractivity contribution is -0.132. The number of primary amides is 1. The molecule has 0 radical (unpaired) electrons. The third kappa shape index (κ3) is 9.12. The number of halogens is 1. The molecule has 4 N–H and O–H groups in total. The van der Waals surface area contributed by atoms with E-state index in [0.29, 0.717) is 25.8 Å². The van der Waals surface area contributed by atoms with Crippen LogP contribution in [0.3, 0.4) is 0 Å². The average molecular weight is 334 g/mol. The zero-order valence-electron chi connectivity index (χ0n) is 13.9. The Morgan fingerprint density at radius 2 is 1.87 bits per heavy atom. The molecule has 7 nitrogen and oxygen atoms in total. The second-order valence-corrected chi connectivity index (χ2v) is 6.95. The molecule has 1 aliphatic heterocycles. The van der Waals surface area contributed by atoms with Gasteiger partial charge in [-0.25, -0.2) is 4.39 Å². The van der Waals surface area contributed by atoms with Crippen molar-refractivity contribution in [1.82, 2.24) is 4.90 Å². The summed E-state index contributed by atoms with van der Waals surface area (Å²) in [5.74, 6) is -0.642. The van der Waals surface area contributed by atoms with Gasteiger partial charge in [0.1, 0.15) is 0 Å². The molecule has 1 unspecified atom stereocenters. The van der Waals surface area contributed by atoms with Gasteiger partial charge in [0.15, 0.2) is 5.67 Å². The number of likely N-dealkylation sites (tertiary alicyclic amines) is 1. The fourth-order valence-corrected chi connectivity index (χ4v) is 1.89. The van der Waals surface area contributed by atoms with Crippen molar-refractivity contribution in [3.8, 4) is 0 Å². The summed E-state index contributed by atoms with van der Waals surface area (Å²) in [5.41, 5.74) is 3.05. The minimum absolute atomic E-state index is 0.0463. The summed E-state index contributed by atoms with van der Waals surface area (Å²) in [6.45, 7) is 7.15. The highest BCUT2D eigenvalue weighted by atomic mass is 19.1. The molecule has 0 bridgehead atoms. The molecule has 1 saturated carbocycles. The fourth-order valence-electron chi connectivity index (χ4n) is 1.89. The van der Waals surface area contributed by atoms with Gasteiger partial charge < -0.3 is 20.8 Å². The number of aliphatic hydroxyl groups excluding tert-OH is 1. The fraction of sp³-hybridized carbons (Fsp3) is 0.800. The Morgan fingerprint density at radius 1 is 1.39 bits per heavy atom. The van der Waals surface area contributed by atoms with E-state index in [9.17, 15) is 19.1 Å². The van der Waals surface area contributed by atoms with Gasteiger partial charge in [0.25, 0.3) is 12.4 Å². The predicted molar refractivity (Wildman–Crippen MR) is 82.2 cm³/mol. The van der Waals surface area contributed by atoms with E-state index in [2.05, 4.69) is 26.5 Å². The molecule has 0 aromatic carbocycles. The number of aliphatic hydroxyl groups is 1. The van der Waals surface area contributed by atoms with Crippen LogP contribution >= 0.6 is 0 Å². The van der Waals surface area contributed by atoms with Gasteiger partial charge in [-0.15, -0.1) is 0 Å². The summed E-state index contributed by atoms with van der Waals surface area (Å²) in [5, 5.41) is 16.1. The molecule has 2 fully saturated rings. The number of carbonyl (C=O) groups is 3. The van der Waals surface area contributed by atoms with E-state index in [1.54, 1.807) is 4.90 Å². The molecular weight excluding hydrogens is 307 g/mol. The van der Waals surface area contributed by atoms with Crippen molar-refractivity contribution in [2.24, 2.45) is 11.1 Å². The number of β-amino-alcohol motifs (C(OH)–C–C–N with tert-alkyl or cyclic N) is 1. The minimum atomic E-state index is -1.61. The van der Waals surface area contributed by atoms with Crippen molar-refractivity contribution in [3.63, 3.8) is 0 Å². The van der Waals surface area contributed by atoms with Crippen LogP contribution in [0.5, 0.6) is 0 Å². The molecule has 0 aromatic rings. The molecular formula is C15H27FN2O5. The monoisotopic (exact) mass is 334 g/mol. The van der Waals surface area contributed by atoms with Gasteiger partial charge in [-0.1, -0.05) is 20.8 Å². The van der Waals surface area contributed by atoms with Crippen molar-refractivity contribution < 1.29 is 29.0 Å². The number of carbonyl (C=O) groups excluding carboxylic acids is 2. The van der Waals surface area contributed by atoms with Crippen LogP contribution in [0.1, 0.15) is 46.5 Å². The Hall–Kier alpha value is -1.70. The number of rotatable bonds is 2. The molecule has 0 spiro atoms. The number of carboxylic acid groups (broad SMARTS) is 1. The summed E-state index contributed by atoms with van der Waals surface area (Å²) in [7, 11) is 0. The van der Waals surface area contributed by atoms with E-state index >= 15 is 0 Å². The third-order valence-corrected chi connectivity index (χ3v) is 3.33. The number of amides is 2. The lowest BCUT2D eigenvalue weighted by atomic mass is 9.92. The second-order valence-electron chi connectivity index (χ2n) is 6.95. The SMILES string of the molecule is CC(C)(C)CC(=O)N1CCC(O)C1.NC(=O)C1(F)CC1.O=CO. The highest BCUT2D eigenvalue weighted by molar-refractivity contribution is 5.86. The van der Waals surface area contributed by atoms with Crippen molar-refractivity contribution in [1.29, 1.82) is 0 Å². The molecule has 1 aliphatic carbocycles. The van der Waals surface area contributed by atoms with Crippen molar-refractivity contribution in [2.45, 2.75) is 58.2 Å². The molecule has 2 aliphatic rings. The maximum absolute atomic E-state index is 12.1. The zero-order valence-corrected chi connectivity index (χ0v) is 13.9. The van der Waals surface area contributed by atoms with Crippen LogP contribution in [0.25, 0.3) is 0 Å². The minimum Gasteiger partial charge on any atom is -0.483 e. The van der Waals surface area contributed by atoms with Gasteiger partial charge in [0, 0.05) is 19.5 Å². The maximum atomic E-state index is 12.1. The van der Waals surface area contributed by atoms with Gasteiger partial charge in [0.05, 0.1) is 6.10 Å². The molecule has 134 valence electrons. The summed E-state index contributed by atoms with van der Waals surface area (Å²) in [6, 6.07) is 0. The van der Waals surface area contributed by atoms with Gasteiger partial charge in [-0.2, -0.15) is 0 Å². The first-order valence-electron chi connectivity index (χ1n) is 7.47. The van der Waals surface area contributed by atoms with E-state index in [1.165, 1.54) is 0 Å². The molecule has 8 heteroatoms. The zero-order chi connectivity index (χ0) is 18.3. The van der Waals surface area contributed by atoms with Crippen LogP contribution in [0, 0.1) is 5.41 Å². The first-order chi connectivity index (χ1) is 10.4. The van der Waals surface area contributed by atoms with Crippen LogP contribution in [-0.4, -0.2) is 58.3 Å². The Bertz CT molecular complexity index is 419. The number of hydrogen-bond acceptors (Lipinski definition) is 4. The highest BCUT2D eigenvalue weighted by Gasteiger charge is 2.49. The van der Waals surface area contributed by atoms with Crippen molar-refractivity contribution in [3.05, 3.63) is 0 Å². The first-order valence-corrected chi connectivity index (χ1v) is 7.47. The Balaban J connectivity index is 0.000000404. The lowest BCUT2D eigenvalue weighted by Gasteiger charge is -2.22. The topological polar surface area (TPSA) is 121 Å².